The molecule has 0 saturated heterocycles. The first-order valence-corrected chi connectivity index (χ1v) is 9.29. The van der Waals surface area contributed by atoms with E-state index in [0.717, 1.165) is 5.56 Å². The fraction of sp³-hybridized carbons (Fsp3) is 0.211. The largest absolute Gasteiger partial charge is 0.493 e. The SMILES string of the molecule is COc1ccccc1OCc1nnc(SCC(N)=O)n1Cc1ccccc1. The van der Waals surface area contributed by atoms with Crippen LogP contribution >= 0.6 is 11.8 Å². The van der Waals surface area contributed by atoms with Crippen molar-refractivity contribution in [2.75, 3.05) is 12.9 Å². The summed E-state index contributed by atoms with van der Waals surface area (Å²) in [4.78, 5) is 11.1. The third kappa shape index (κ3) is 5.01. The first-order chi connectivity index (χ1) is 13.2. The summed E-state index contributed by atoms with van der Waals surface area (Å²) in [7, 11) is 1.60. The number of benzene rings is 2. The number of rotatable bonds is 9. The van der Waals surface area contributed by atoms with Gasteiger partial charge in [-0.05, 0) is 17.7 Å². The topological polar surface area (TPSA) is 92.3 Å². The van der Waals surface area contributed by atoms with E-state index in [1.54, 1.807) is 7.11 Å². The standard InChI is InChI=1S/C19H20N4O3S/c1-25-15-9-5-6-10-16(15)26-12-18-21-22-19(27-13-17(20)24)23(18)11-14-7-3-2-4-8-14/h2-10H,11-13H2,1H3,(H2,20,24). The summed E-state index contributed by atoms with van der Waals surface area (Å²) in [6.07, 6.45) is 0. The van der Waals surface area contributed by atoms with E-state index in [1.807, 2.05) is 59.2 Å². The molecule has 3 rings (SSSR count). The first-order valence-electron chi connectivity index (χ1n) is 8.30. The van der Waals surface area contributed by atoms with Gasteiger partial charge in [-0.3, -0.25) is 9.36 Å². The van der Waals surface area contributed by atoms with E-state index in [0.29, 0.717) is 29.0 Å². The van der Waals surface area contributed by atoms with Crippen molar-refractivity contribution in [1.82, 2.24) is 14.8 Å². The van der Waals surface area contributed by atoms with Crippen LogP contribution in [0.3, 0.4) is 0 Å². The van der Waals surface area contributed by atoms with Crippen LogP contribution in [0.15, 0.2) is 59.8 Å². The molecule has 0 atom stereocenters. The molecule has 0 fully saturated rings. The van der Waals surface area contributed by atoms with Gasteiger partial charge >= 0.3 is 0 Å². The van der Waals surface area contributed by atoms with Crippen LogP contribution in [0.25, 0.3) is 0 Å². The van der Waals surface area contributed by atoms with Crippen LogP contribution in [-0.4, -0.2) is 33.5 Å². The van der Waals surface area contributed by atoms with Crippen molar-refractivity contribution in [3.05, 3.63) is 66.0 Å². The molecule has 0 aliphatic heterocycles. The van der Waals surface area contributed by atoms with Crippen LogP contribution in [0, 0.1) is 0 Å². The average molecular weight is 384 g/mol. The fourth-order valence-electron chi connectivity index (χ4n) is 2.47. The molecular formula is C19H20N4O3S. The zero-order valence-electron chi connectivity index (χ0n) is 14.9. The average Bonchev–Trinajstić information content (AvgIpc) is 3.07. The minimum Gasteiger partial charge on any atom is -0.493 e. The van der Waals surface area contributed by atoms with Crippen LogP contribution < -0.4 is 15.2 Å². The van der Waals surface area contributed by atoms with Crippen molar-refractivity contribution in [3.8, 4) is 11.5 Å². The monoisotopic (exact) mass is 384 g/mol. The van der Waals surface area contributed by atoms with E-state index < -0.39 is 5.91 Å². The van der Waals surface area contributed by atoms with Crippen LogP contribution in [-0.2, 0) is 17.9 Å². The molecule has 7 nitrogen and oxygen atoms in total. The molecule has 3 aromatic rings. The van der Waals surface area contributed by atoms with Gasteiger partial charge in [0, 0.05) is 0 Å². The van der Waals surface area contributed by atoms with Crippen molar-refractivity contribution < 1.29 is 14.3 Å². The highest BCUT2D eigenvalue weighted by Gasteiger charge is 2.15. The third-order valence-electron chi connectivity index (χ3n) is 3.75. The van der Waals surface area contributed by atoms with Crippen molar-refractivity contribution in [2.24, 2.45) is 5.73 Å². The Hall–Kier alpha value is -3.00. The van der Waals surface area contributed by atoms with E-state index in [4.69, 9.17) is 15.2 Å². The van der Waals surface area contributed by atoms with Gasteiger partial charge in [-0.15, -0.1) is 10.2 Å². The van der Waals surface area contributed by atoms with Crippen LogP contribution in [0.2, 0.25) is 0 Å². The minimum absolute atomic E-state index is 0.139. The Labute approximate surface area is 161 Å². The molecule has 0 radical (unpaired) electrons. The number of aromatic nitrogens is 3. The van der Waals surface area contributed by atoms with Crippen molar-refractivity contribution in [2.45, 2.75) is 18.3 Å². The summed E-state index contributed by atoms with van der Waals surface area (Å²) in [5, 5.41) is 9.05. The Kier molecular flexibility index (Phi) is 6.32. The molecule has 0 bridgehead atoms. The fourth-order valence-corrected chi connectivity index (χ4v) is 3.17. The van der Waals surface area contributed by atoms with Crippen molar-refractivity contribution in [3.63, 3.8) is 0 Å². The number of carbonyl (C=O) groups is 1. The van der Waals surface area contributed by atoms with Gasteiger partial charge in [0.1, 0.15) is 6.61 Å². The van der Waals surface area contributed by atoms with Gasteiger partial charge in [0.25, 0.3) is 0 Å². The van der Waals surface area contributed by atoms with E-state index in [-0.39, 0.29) is 12.4 Å². The zero-order chi connectivity index (χ0) is 19.1. The second kappa shape index (κ2) is 9.09. The van der Waals surface area contributed by atoms with Gasteiger partial charge in [-0.1, -0.05) is 54.2 Å². The second-order valence-electron chi connectivity index (χ2n) is 5.67. The van der Waals surface area contributed by atoms with Crippen LogP contribution in [0.4, 0.5) is 0 Å². The Morgan fingerprint density at radius 1 is 1.07 bits per heavy atom. The predicted molar refractivity (Wildman–Crippen MR) is 103 cm³/mol. The molecule has 27 heavy (non-hydrogen) atoms. The molecular weight excluding hydrogens is 364 g/mol. The van der Waals surface area contributed by atoms with Gasteiger partial charge in [0.05, 0.1) is 19.4 Å². The van der Waals surface area contributed by atoms with Gasteiger partial charge in [-0.25, -0.2) is 0 Å². The van der Waals surface area contributed by atoms with Gasteiger partial charge in [0.2, 0.25) is 5.91 Å². The number of para-hydroxylation sites is 2. The summed E-state index contributed by atoms with van der Waals surface area (Å²) in [5.74, 6) is 1.66. The number of nitrogens with zero attached hydrogens (tertiary/aromatic N) is 3. The summed E-state index contributed by atoms with van der Waals surface area (Å²) >= 11 is 1.26. The van der Waals surface area contributed by atoms with Crippen LogP contribution in [0.1, 0.15) is 11.4 Å². The number of nitrogens with two attached hydrogens (primary N) is 1. The highest BCUT2D eigenvalue weighted by Crippen LogP contribution is 2.27. The lowest BCUT2D eigenvalue weighted by atomic mass is 10.2. The molecule has 140 valence electrons. The minimum atomic E-state index is -0.402. The van der Waals surface area contributed by atoms with Crippen molar-refractivity contribution >= 4 is 17.7 Å². The summed E-state index contributed by atoms with van der Waals surface area (Å²) in [6.45, 7) is 0.789. The maximum atomic E-state index is 11.1. The number of amides is 1. The predicted octanol–water partition coefficient (Wildman–Crippen LogP) is 2.49. The second-order valence-corrected chi connectivity index (χ2v) is 6.61. The van der Waals surface area contributed by atoms with E-state index in [9.17, 15) is 4.79 Å². The summed E-state index contributed by atoms with van der Waals surface area (Å²) in [5.41, 5.74) is 6.35. The lowest BCUT2D eigenvalue weighted by molar-refractivity contribution is -0.115. The van der Waals surface area contributed by atoms with Gasteiger partial charge in [0.15, 0.2) is 22.5 Å². The Balaban J connectivity index is 1.81. The number of thioether (sulfide) groups is 1. The quantitative estimate of drug-likeness (QED) is 0.570. The van der Waals surface area contributed by atoms with E-state index in [1.165, 1.54) is 11.8 Å². The Morgan fingerprint density at radius 2 is 1.78 bits per heavy atom. The molecule has 1 aromatic heterocycles. The van der Waals surface area contributed by atoms with Gasteiger partial charge in [-0.2, -0.15) is 0 Å². The smallest absolute Gasteiger partial charge is 0.227 e. The number of primary amides is 1. The number of carbonyl (C=O) groups excluding carboxylic acids is 1. The Bertz CT molecular complexity index is 899. The molecule has 0 aliphatic carbocycles. The first kappa shape index (κ1) is 18.8. The maximum Gasteiger partial charge on any atom is 0.227 e. The molecule has 0 saturated carbocycles. The zero-order valence-corrected chi connectivity index (χ0v) is 15.7. The number of ether oxygens (including phenoxy) is 2. The van der Waals surface area contributed by atoms with E-state index in [2.05, 4.69) is 10.2 Å². The lowest BCUT2D eigenvalue weighted by Crippen LogP contribution is -2.14. The molecule has 0 spiro atoms. The van der Waals surface area contributed by atoms with Gasteiger partial charge < -0.3 is 15.2 Å². The lowest BCUT2D eigenvalue weighted by Gasteiger charge is -2.12. The molecule has 2 aromatic carbocycles. The maximum absolute atomic E-state index is 11.1. The molecule has 0 aliphatic rings. The van der Waals surface area contributed by atoms with Crippen LogP contribution in [0.5, 0.6) is 11.5 Å². The number of methoxy groups -OCH3 is 1. The highest BCUT2D eigenvalue weighted by molar-refractivity contribution is 7.99. The molecule has 2 N–H and O–H groups in total. The summed E-state index contributed by atoms with van der Waals surface area (Å²) < 4.78 is 13.1. The number of hydrogen-bond acceptors (Lipinski definition) is 6. The van der Waals surface area contributed by atoms with E-state index >= 15 is 0 Å². The number of hydrogen-bond donors (Lipinski definition) is 1. The highest BCUT2D eigenvalue weighted by atomic mass is 32.2. The molecule has 8 heteroatoms. The molecule has 0 unspecified atom stereocenters. The molecule has 1 amide bonds. The van der Waals surface area contributed by atoms with Crippen molar-refractivity contribution in [1.29, 1.82) is 0 Å². The molecule has 1 heterocycles. The normalized spacial score (nSPS) is 10.6. The summed E-state index contributed by atoms with van der Waals surface area (Å²) in [6, 6.07) is 17.4. The Morgan fingerprint density at radius 3 is 2.48 bits per heavy atom. The third-order valence-corrected chi connectivity index (χ3v) is 4.74.